The van der Waals surface area contributed by atoms with Crippen LogP contribution in [0, 0.1) is 0 Å². The summed E-state index contributed by atoms with van der Waals surface area (Å²) in [7, 11) is 0. The van der Waals surface area contributed by atoms with E-state index in [1.807, 2.05) is 17.5 Å². The van der Waals surface area contributed by atoms with Gasteiger partial charge >= 0.3 is 0 Å². The van der Waals surface area contributed by atoms with E-state index in [9.17, 15) is 0 Å². The van der Waals surface area contributed by atoms with Gasteiger partial charge in [-0.2, -0.15) is 0 Å². The first-order chi connectivity index (χ1) is 8.42. The second-order valence-corrected chi connectivity index (χ2v) is 4.71. The number of nitrogens with zero attached hydrogens (tertiary/aromatic N) is 2. The summed E-state index contributed by atoms with van der Waals surface area (Å²) in [4.78, 5) is 8.73. The van der Waals surface area contributed by atoms with Crippen molar-refractivity contribution in [2.24, 2.45) is 4.99 Å². The van der Waals surface area contributed by atoms with Crippen molar-refractivity contribution in [1.82, 2.24) is 4.98 Å². The summed E-state index contributed by atoms with van der Waals surface area (Å²) in [5, 5.41) is 4.96. The highest BCUT2D eigenvalue weighted by Crippen LogP contribution is 2.28. The molecule has 0 radical (unpaired) electrons. The third-order valence-electron chi connectivity index (χ3n) is 2.78. The van der Waals surface area contributed by atoms with Gasteiger partial charge in [0.2, 0.25) is 0 Å². The molecule has 84 valence electrons. The first-order valence-corrected chi connectivity index (χ1v) is 6.22. The fraction of sp³-hybridized carbons (Fsp3) is 0.167. The van der Waals surface area contributed by atoms with E-state index in [1.54, 1.807) is 17.5 Å². The second kappa shape index (κ2) is 3.30. The lowest BCUT2D eigenvalue weighted by Crippen LogP contribution is -2.36. The van der Waals surface area contributed by atoms with Crippen LogP contribution in [0.15, 0.2) is 28.7 Å². The van der Waals surface area contributed by atoms with Crippen LogP contribution in [0.2, 0.25) is 0 Å². The van der Waals surface area contributed by atoms with Crippen molar-refractivity contribution in [2.75, 3.05) is 13.2 Å². The van der Waals surface area contributed by atoms with Crippen LogP contribution < -0.4 is 20.0 Å². The molecule has 2 aliphatic heterocycles. The highest BCUT2D eigenvalue weighted by atomic mass is 32.1. The molecule has 0 saturated heterocycles. The molecule has 3 heterocycles. The van der Waals surface area contributed by atoms with Crippen LogP contribution in [0.25, 0.3) is 5.70 Å². The molecule has 0 amide bonds. The van der Waals surface area contributed by atoms with Crippen LogP contribution in [0.1, 0.15) is 5.01 Å². The maximum absolute atomic E-state index is 5.56. The predicted octanol–water partition coefficient (Wildman–Crippen LogP) is 0.704. The van der Waals surface area contributed by atoms with E-state index in [2.05, 4.69) is 9.98 Å². The monoisotopic (exact) mass is 244 g/mol. The Balaban J connectivity index is 1.93. The van der Waals surface area contributed by atoms with E-state index in [4.69, 9.17) is 9.47 Å². The normalized spacial score (nSPS) is 15.9. The van der Waals surface area contributed by atoms with Crippen LogP contribution in [-0.2, 0) is 0 Å². The molecule has 0 aliphatic carbocycles. The zero-order valence-corrected chi connectivity index (χ0v) is 9.66. The molecule has 1 aromatic heterocycles. The largest absolute Gasteiger partial charge is 0.486 e. The average molecular weight is 244 g/mol. The van der Waals surface area contributed by atoms with Gasteiger partial charge in [-0.15, -0.1) is 11.3 Å². The molecule has 2 aromatic rings. The van der Waals surface area contributed by atoms with E-state index in [-0.39, 0.29) is 0 Å². The minimum absolute atomic E-state index is 0.606. The van der Waals surface area contributed by atoms with Gasteiger partial charge in [-0.05, 0) is 6.07 Å². The molecule has 0 fully saturated rings. The predicted molar refractivity (Wildman–Crippen MR) is 62.8 cm³/mol. The summed E-state index contributed by atoms with van der Waals surface area (Å²) in [5.74, 6) is 1.59. The lowest BCUT2D eigenvalue weighted by molar-refractivity contribution is 0.171. The molecule has 5 heteroatoms. The second-order valence-electron chi connectivity index (χ2n) is 3.81. The number of hydrogen-bond donors (Lipinski definition) is 0. The highest BCUT2D eigenvalue weighted by molar-refractivity contribution is 7.10. The van der Waals surface area contributed by atoms with E-state index in [0.717, 1.165) is 32.8 Å². The Morgan fingerprint density at radius 3 is 2.71 bits per heavy atom. The summed E-state index contributed by atoms with van der Waals surface area (Å²) < 4.78 is 11.1. The van der Waals surface area contributed by atoms with Crippen LogP contribution in [0.5, 0.6) is 11.5 Å². The third kappa shape index (κ3) is 1.29. The third-order valence-corrected chi connectivity index (χ3v) is 3.56. The first kappa shape index (κ1) is 9.18. The SMILES string of the molecule is c1csc(C2=c3cc4c(cc3=N2)OCCO4)n1. The van der Waals surface area contributed by atoms with Crippen molar-refractivity contribution in [3.63, 3.8) is 0 Å². The van der Waals surface area contributed by atoms with Gasteiger partial charge < -0.3 is 9.47 Å². The zero-order chi connectivity index (χ0) is 11.2. The topological polar surface area (TPSA) is 43.7 Å². The van der Waals surface area contributed by atoms with E-state index in [0.29, 0.717) is 13.2 Å². The number of fused-ring (bicyclic) bond motifs is 2. The standard InChI is InChI=1S/C12H8N2O2S/c1-4-17-12(13-1)11-7-5-9-10(6-8(7)14-11)16-3-2-15-9/h1,4-6H,2-3H2. The molecule has 0 bridgehead atoms. The molecule has 17 heavy (non-hydrogen) atoms. The number of benzene rings is 1. The lowest BCUT2D eigenvalue weighted by Gasteiger charge is -2.19. The fourth-order valence-electron chi connectivity index (χ4n) is 1.99. The van der Waals surface area contributed by atoms with Crippen LogP contribution in [0.4, 0.5) is 0 Å². The van der Waals surface area contributed by atoms with Crippen molar-refractivity contribution < 1.29 is 9.47 Å². The maximum Gasteiger partial charge on any atom is 0.163 e. The van der Waals surface area contributed by atoms with Crippen LogP contribution in [-0.4, -0.2) is 18.2 Å². The number of ether oxygens (including phenoxy) is 2. The van der Waals surface area contributed by atoms with Crippen LogP contribution >= 0.6 is 11.3 Å². The summed E-state index contributed by atoms with van der Waals surface area (Å²) in [5.41, 5.74) is 0.951. The number of rotatable bonds is 1. The Morgan fingerprint density at radius 1 is 1.12 bits per heavy atom. The van der Waals surface area contributed by atoms with Gasteiger partial charge in [-0.25, -0.2) is 9.98 Å². The molecular formula is C12H8N2O2S. The van der Waals surface area contributed by atoms with Gasteiger partial charge in [0, 0.05) is 22.9 Å². The van der Waals surface area contributed by atoms with Crippen molar-refractivity contribution in [1.29, 1.82) is 0 Å². The summed E-state index contributed by atoms with van der Waals surface area (Å²) in [6, 6.07) is 3.93. The molecule has 0 spiro atoms. The van der Waals surface area contributed by atoms with Gasteiger partial charge in [0.1, 0.15) is 23.9 Å². The van der Waals surface area contributed by atoms with Crippen molar-refractivity contribution >= 4 is 17.0 Å². The summed E-state index contributed by atoms with van der Waals surface area (Å²) >= 11 is 1.59. The Bertz CT molecular complexity index is 707. The molecule has 0 atom stereocenters. The molecular weight excluding hydrogens is 236 g/mol. The first-order valence-electron chi connectivity index (χ1n) is 5.34. The summed E-state index contributed by atoms with van der Waals surface area (Å²) in [6.45, 7) is 1.21. The maximum atomic E-state index is 5.56. The number of thiazole rings is 1. The minimum atomic E-state index is 0.606. The molecule has 2 aliphatic rings. The summed E-state index contributed by atoms with van der Waals surface area (Å²) in [6.07, 6.45) is 1.79. The van der Waals surface area contributed by atoms with E-state index < -0.39 is 0 Å². The fourth-order valence-corrected chi connectivity index (χ4v) is 2.63. The van der Waals surface area contributed by atoms with Crippen LogP contribution in [0.3, 0.4) is 0 Å². The van der Waals surface area contributed by atoms with Crippen molar-refractivity contribution in [2.45, 2.75) is 0 Å². The molecule has 1 aromatic carbocycles. The van der Waals surface area contributed by atoms with E-state index >= 15 is 0 Å². The number of aromatic nitrogens is 1. The quantitative estimate of drug-likeness (QED) is 0.742. The number of hydrogen-bond acceptors (Lipinski definition) is 5. The minimum Gasteiger partial charge on any atom is -0.486 e. The molecule has 0 unspecified atom stereocenters. The van der Waals surface area contributed by atoms with Crippen molar-refractivity contribution in [3.05, 3.63) is 39.3 Å². The van der Waals surface area contributed by atoms with Gasteiger partial charge in [0.05, 0.1) is 5.36 Å². The highest BCUT2D eigenvalue weighted by Gasteiger charge is 2.18. The van der Waals surface area contributed by atoms with E-state index in [1.165, 1.54) is 0 Å². The Hall–Kier alpha value is -1.88. The lowest BCUT2D eigenvalue weighted by atomic mass is 10.1. The Kier molecular flexibility index (Phi) is 1.78. The van der Waals surface area contributed by atoms with Gasteiger partial charge in [-0.1, -0.05) is 0 Å². The van der Waals surface area contributed by atoms with Gasteiger partial charge in [0.15, 0.2) is 11.5 Å². The molecule has 4 nitrogen and oxygen atoms in total. The van der Waals surface area contributed by atoms with Crippen molar-refractivity contribution in [3.8, 4) is 11.5 Å². The molecule has 0 N–H and O–H groups in total. The zero-order valence-electron chi connectivity index (χ0n) is 8.84. The smallest absolute Gasteiger partial charge is 0.163 e. The molecule has 0 saturated carbocycles. The average Bonchev–Trinajstić information content (AvgIpc) is 2.85. The van der Waals surface area contributed by atoms with Gasteiger partial charge in [-0.3, -0.25) is 0 Å². The van der Waals surface area contributed by atoms with Gasteiger partial charge in [0.25, 0.3) is 0 Å². The molecule has 4 rings (SSSR count). The Morgan fingerprint density at radius 2 is 1.94 bits per heavy atom. The Labute approximate surface area is 101 Å².